The number of hydrogen-bond donors (Lipinski definition) is 1. The number of carbonyl (C=O) groups excluding carboxylic acids is 1. The minimum absolute atomic E-state index is 0.0386. The van der Waals surface area contributed by atoms with Crippen molar-refractivity contribution in [2.24, 2.45) is 11.8 Å². The van der Waals surface area contributed by atoms with Crippen LogP contribution in [0.15, 0.2) is 0 Å². The van der Waals surface area contributed by atoms with Crippen molar-refractivity contribution in [1.29, 1.82) is 0 Å². The Kier molecular flexibility index (Phi) is 3.53. The lowest BCUT2D eigenvalue weighted by molar-refractivity contribution is -0.382. The maximum Gasteiger partial charge on any atom is 0.309 e. The van der Waals surface area contributed by atoms with E-state index in [4.69, 9.17) is 4.74 Å². The van der Waals surface area contributed by atoms with E-state index in [0.717, 1.165) is 25.8 Å². The van der Waals surface area contributed by atoms with Crippen molar-refractivity contribution in [3.05, 3.63) is 0 Å². The van der Waals surface area contributed by atoms with Crippen molar-refractivity contribution >= 4 is 5.97 Å². The van der Waals surface area contributed by atoms with Crippen LogP contribution in [-0.4, -0.2) is 19.6 Å². The molecule has 0 aromatic rings. The molecule has 3 N–H and O–H groups in total. The summed E-state index contributed by atoms with van der Waals surface area (Å²) in [7, 11) is 1.47. The monoisotopic (exact) mass is 172 g/mol. The summed E-state index contributed by atoms with van der Waals surface area (Å²) in [6.45, 7) is 0.861. The van der Waals surface area contributed by atoms with E-state index in [1.807, 2.05) is 0 Å². The van der Waals surface area contributed by atoms with Gasteiger partial charge >= 0.3 is 5.97 Å². The Labute approximate surface area is 73.3 Å². The average molecular weight is 172 g/mol. The minimum Gasteiger partial charge on any atom is -0.469 e. The van der Waals surface area contributed by atoms with Crippen LogP contribution in [0, 0.1) is 11.8 Å². The van der Waals surface area contributed by atoms with Gasteiger partial charge in [0.05, 0.1) is 19.6 Å². The van der Waals surface area contributed by atoms with Gasteiger partial charge in [-0.05, 0) is 12.8 Å². The average Bonchev–Trinajstić information content (AvgIpc) is 2.16. The lowest BCUT2D eigenvalue weighted by Crippen LogP contribution is -2.56. The lowest BCUT2D eigenvalue weighted by atomic mass is 9.79. The van der Waals surface area contributed by atoms with Crippen LogP contribution in [0.3, 0.4) is 0 Å². The first-order valence-electron chi connectivity index (χ1n) is 4.66. The van der Waals surface area contributed by atoms with Gasteiger partial charge < -0.3 is 10.5 Å². The zero-order valence-electron chi connectivity index (χ0n) is 7.71. The molecule has 0 aromatic carbocycles. The molecule has 0 radical (unpaired) electrons. The second-order valence-electron chi connectivity index (χ2n) is 3.46. The van der Waals surface area contributed by atoms with Crippen LogP contribution in [-0.2, 0) is 9.53 Å². The number of esters is 1. The number of methoxy groups -OCH3 is 1. The zero-order valence-corrected chi connectivity index (χ0v) is 7.71. The van der Waals surface area contributed by atoms with Crippen molar-refractivity contribution in [2.75, 3.05) is 13.7 Å². The number of rotatable bonds is 2. The van der Waals surface area contributed by atoms with E-state index in [0.29, 0.717) is 5.92 Å². The molecular formula is C9H18NO2+. The van der Waals surface area contributed by atoms with E-state index in [1.54, 1.807) is 0 Å². The molecule has 3 heteroatoms. The molecule has 2 unspecified atom stereocenters. The summed E-state index contributed by atoms with van der Waals surface area (Å²) in [4.78, 5) is 11.3. The van der Waals surface area contributed by atoms with Crippen molar-refractivity contribution in [1.82, 2.24) is 0 Å². The molecule has 1 aliphatic carbocycles. The van der Waals surface area contributed by atoms with Crippen LogP contribution >= 0.6 is 0 Å². The quantitative estimate of drug-likeness (QED) is 0.605. The Balaban J connectivity index is 2.52. The highest BCUT2D eigenvalue weighted by molar-refractivity contribution is 5.72. The summed E-state index contributed by atoms with van der Waals surface area (Å²) >= 11 is 0. The SMILES string of the molecule is COC(=O)C1CCCCC1C[NH3+]. The predicted octanol–water partition coefficient (Wildman–Crippen LogP) is 0.208. The first-order chi connectivity index (χ1) is 5.79. The van der Waals surface area contributed by atoms with E-state index < -0.39 is 0 Å². The molecule has 1 fully saturated rings. The van der Waals surface area contributed by atoms with Gasteiger partial charge in [-0.3, -0.25) is 4.79 Å². The molecule has 70 valence electrons. The van der Waals surface area contributed by atoms with E-state index in [9.17, 15) is 4.79 Å². The van der Waals surface area contributed by atoms with Crippen LogP contribution in [0.25, 0.3) is 0 Å². The summed E-state index contributed by atoms with van der Waals surface area (Å²) in [5.41, 5.74) is 3.87. The van der Waals surface area contributed by atoms with Crippen LogP contribution in [0.5, 0.6) is 0 Å². The Bertz CT molecular complexity index is 159. The Morgan fingerprint density at radius 3 is 2.75 bits per heavy atom. The summed E-state index contributed by atoms with van der Waals surface area (Å²) in [5, 5.41) is 0. The molecule has 0 spiro atoms. The summed E-state index contributed by atoms with van der Waals surface area (Å²) < 4.78 is 4.76. The number of quaternary nitrogens is 1. The van der Waals surface area contributed by atoms with Crippen LogP contribution in [0.1, 0.15) is 25.7 Å². The molecule has 1 saturated carbocycles. The fourth-order valence-electron chi connectivity index (χ4n) is 2.01. The third-order valence-electron chi connectivity index (χ3n) is 2.78. The highest BCUT2D eigenvalue weighted by Gasteiger charge is 2.31. The van der Waals surface area contributed by atoms with Gasteiger partial charge in [0, 0.05) is 5.92 Å². The van der Waals surface area contributed by atoms with Crippen LogP contribution in [0.2, 0.25) is 0 Å². The van der Waals surface area contributed by atoms with Crippen molar-refractivity contribution in [3.8, 4) is 0 Å². The third-order valence-corrected chi connectivity index (χ3v) is 2.78. The Morgan fingerprint density at radius 1 is 1.50 bits per heavy atom. The highest BCUT2D eigenvalue weighted by atomic mass is 16.5. The normalized spacial score (nSPS) is 29.8. The Morgan fingerprint density at radius 2 is 2.17 bits per heavy atom. The first-order valence-corrected chi connectivity index (χ1v) is 4.66. The second-order valence-corrected chi connectivity index (χ2v) is 3.46. The summed E-state index contributed by atoms with van der Waals surface area (Å²) in [6, 6.07) is 0. The summed E-state index contributed by atoms with van der Waals surface area (Å²) in [6.07, 6.45) is 4.54. The zero-order chi connectivity index (χ0) is 8.97. The molecular weight excluding hydrogens is 154 g/mol. The first kappa shape index (κ1) is 9.52. The van der Waals surface area contributed by atoms with Crippen molar-refractivity contribution in [2.45, 2.75) is 25.7 Å². The number of carbonyl (C=O) groups is 1. The maximum atomic E-state index is 11.3. The standard InChI is InChI=1S/C9H17NO2/c1-12-9(11)8-5-3-2-4-7(8)6-10/h7-8H,2-6,10H2,1H3/p+1. The number of hydrogen-bond acceptors (Lipinski definition) is 2. The van der Waals surface area contributed by atoms with E-state index in [1.165, 1.54) is 13.5 Å². The van der Waals surface area contributed by atoms with Crippen LogP contribution < -0.4 is 5.73 Å². The van der Waals surface area contributed by atoms with Crippen LogP contribution in [0.4, 0.5) is 0 Å². The molecule has 0 saturated heterocycles. The van der Waals surface area contributed by atoms with Crippen molar-refractivity contribution < 1.29 is 15.3 Å². The molecule has 0 amide bonds. The molecule has 0 bridgehead atoms. The molecule has 2 atom stereocenters. The second kappa shape index (κ2) is 4.45. The van der Waals surface area contributed by atoms with Crippen molar-refractivity contribution in [3.63, 3.8) is 0 Å². The van der Waals surface area contributed by atoms with Gasteiger partial charge in [0.1, 0.15) is 0 Å². The van der Waals surface area contributed by atoms with Gasteiger partial charge in [0.2, 0.25) is 0 Å². The largest absolute Gasteiger partial charge is 0.469 e. The predicted molar refractivity (Wildman–Crippen MR) is 45.2 cm³/mol. The van der Waals surface area contributed by atoms with Gasteiger partial charge in [-0.15, -0.1) is 0 Å². The molecule has 0 aromatic heterocycles. The molecule has 0 heterocycles. The smallest absolute Gasteiger partial charge is 0.309 e. The maximum absolute atomic E-state index is 11.3. The molecule has 12 heavy (non-hydrogen) atoms. The topological polar surface area (TPSA) is 53.9 Å². The van der Waals surface area contributed by atoms with Gasteiger partial charge in [-0.1, -0.05) is 12.8 Å². The Hall–Kier alpha value is -0.570. The van der Waals surface area contributed by atoms with Gasteiger partial charge in [-0.25, -0.2) is 0 Å². The minimum atomic E-state index is -0.0386. The van der Waals surface area contributed by atoms with Gasteiger partial charge in [0.15, 0.2) is 0 Å². The third kappa shape index (κ3) is 1.97. The molecule has 0 aliphatic heterocycles. The number of ether oxygens (including phenoxy) is 1. The molecule has 3 nitrogen and oxygen atoms in total. The summed E-state index contributed by atoms with van der Waals surface area (Å²) in [5.74, 6) is 0.552. The molecule has 1 rings (SSSR count). The fraction of sp³-hybridized carbons (Fsp3) is 0.889. The molecule has 1 aliphatic rings. The van der Waals surface area contributed by atoms with E-state index >= 15 is 0 Å². The van der Waals surface area contributed by atoms with E-state index in [2.05, 4.69) is 5.73 Å². The van der Waals surface area contributed by atoms with Gasteiger partial charge in [-0.2, -0.15) is 0 Å². The van der Waals surface area contributed by atoms with Gasteiger partial charge in [0.25, 0.3) is 0 Å². The van der Waals surface area contributed by atoms with E-state index in [-0.39, 0.29) is 11.9 Å². The fourth-order valence-corrected chi connectivity index (χ4v) is 2.01. The highest BCUT2D eigenvalue weighted by Crippen LogP contribution is 2.29. The lowest BCUT2D eigenvalue weighted by Gasteiger charge is -2.26.